The zero-order chi connectivity index (χ0) is 21.7. The van der Waals surface area contributed by atoms with Crippen molar-refractivity contribution >= 4 is 51.4 Å². The van der Waals surface area contributed by atoms with E-state index in [1.54, 1.807) is 18.4 Å². The number of hydrogen-bond acceptors (Lipinski definition) is 6. The van der Waals surface area contributed by atoms with Gasteiger partial charge in [-0.3, -0.25) is 14.9 Å². The Morgan fingerprint density at radius 3 is 2.40 bits per heavy atom. The number of amides is 1. The van der Waals surface area contributed by atoms with Crippen LogP contribution in [0, 0.1) is 10.1 Å². The molecule has 1 amide bonds. The standard InChI is InChI=1S/C21H19N3O4S2/c1-14(25)22-21-23-19(12-7-15-3-8-17(9-4-15)24(26)27)20(29-21)13-16-5-10-18(11-6-16)30(2)28/h3-12H,13H2,1-2H3,(H,22,23,25). The summed E-state index contributed by atoms with van der Waals surface area (Å²) in [6.45, 7) is 1.43. The van der Waals surface area contributed by atoms with Crippen molar-refractivity contribution < 1.29 is 14.3 Å². The number of nitro groups is 1. The molecular weight excluding hydrogens is 422 g/mol. The van der Waals surface area contributed by atoms with Gasteiger partial charge < -0.3 is 9.87 Å². The molecule has 0 aliphatic heterocycles. The Hall–Kier alpha value is -3.01. The van der Waals surface area contributed by atoms with Gasteiger partial charge in [-0.25, -0.2) is 4.98 Å². The van der Waals surface area contributed by atoms with E-state index in [4.69, 9.17) is 0 Å². The van der Waals surface area contributed by atoms with E-state index in [1.807, 2.05) is 36.4 Å². The van der Waals surface area contributed by atoms with Gasteiger partial charge in [-0.1, -0.05) is 18.2 Å². The lowest BCUT2D eigenvalue weighted by Gasteiger charge is -2.05. The van der Waals surface area contributed by atoms with Crippen LogP contribution in [0.3, 0.4) is 0 Å². The lowest BCUT2D eigenvalue weighted by Crippen LogP contribution is -2.04. The normalized spacial score (nSPS) is 12.1. The van der Waals surface area contributed by atoms with Crippen LogP contribution < -0.4 is 5.32 Å². The Balaban J connectivity index is 1.85. The summed E-state index contributed by atoms with van der Waals surface area (Å²) in [5, 5.41) is 14.0. The monoisotopic (exact) mass is 441 g/mol. The predicted molar refractivity (Wildman–Crippen MR) is 120 cm³/mol. The molecule has 0 saturated carbocycles. The van der Waals surface area contributed by atoms with Crippen LogP contribution in [0.5, 0.6) is 0 Å². The van der Waals surface area contributed by atoms with E-state index < -0.39 is 16.1 Å². The van der Waals surface area contributed by atoms with E-state index in [0.29, 0.717) is 17.2 Å². The van der Waals surface area contributed by atoms with E-state index in [9.17, 15) is 19.5 Å². The van der Waals surface area contributed by atoms with Crippen LogP contribution in [0.1, 0.15) is 28.6 Å². The number of carbonyl (C=O) groups is 1. The minimum absolute atomic E-state index is 0.0332. The maximum atomic E-state index is 11.6. The van der Waals surface area contributed by atoms with Crippen molar-refractivity contribution in [2.75, 3.05) is 11.6 Å². The van der Waals surface area contributed by atoms with Crippen LogP contribution in [0.4, 0.5) is 10.8 Å². The number of nitrogens with one attached hydrogen (secondary N) is 1. The fourth-order valence-electron chi connectivity index (χ4n) is 2.69. The highest BCUT2D eigenvalue weighted by molar-refractivity contribution is 7.90. The predicted octanol–water partition coefficient (Wildman–Crippen LogP) is 4.51. The zero-order valence-electron chi connectivity index (χ0n) is 16.3. The fraction of sp³-hybridized carbons (Fsp3) is 0.143. The van der Waals surface area contributed by atoms with Crippen molar-refractivity contribution in [3.8, 4) is 0 Å². The minimum Gasteiger partial charge on any atom is -0.612 e. The topological polar surface area (TPSA) is 108 Å². The molecule has 1 unspecified atom stereocenters. The highest BCUT2D eigenvalue weighted by Gasteiger charge is 2.12. The summed E-state index contributed by atoms with van der Waals surface area (Å²) in [6.07, 6.45) is 5.89. The Morgan fingerprint density at radius 2 is 1.83 bits per heavy atom. The molecule has 9 heteroatoms. The highest BCUT2D eigenvalue weighted by Crippen LogP contribution is 2.28. The van der Waals surface area contributed by atoms with Gasteiger partial charge in [0.15, 0.2) is 10.0 Å². The summed E-state index contributed by atoms with van der Waals surface area (Å²) in [5.74, 6) is -0.198. The summed E-state index contributed by atoms with van der Waals surface area (Å²) in [4.78, 5) is 28.0. The third-order valence-corrected chi connectivity index (χ3v) is 6.09. The van der Waals surface area contributed by atoms with Crippen molar-refractivity contribution in [2.45, 2.75) is 18.2 Å². The SMILES string of the molecule is CC(=O)Nc1nc(C=Cc2ccc([N+](=O)[O-])cc2)c(Cc2ccc([S+](C)[O-])cc2)s1. The second-order valence-electron chi connectivity index (χ2n) is 6.47. The highest BCUT2D eigenvalue weighted by atomic mass is 32.2. The molecule has 0 fully saturated rings. The molecule has 0 radical (unpaired) electrons. The van der Waals surface area contributed by atoms with Gasteiger partial charge in [0.25, 0.3) is 5.69 Å². The first kappa shape index (κ1) is 21.7. The van der Waals surface area contributed by atoms with Gasteiger partial charge in [0.1, 0.15) is 6.26 Å². The molecule has 1 heterocycles. The molecule has 1 N–H and O–H groups in total. The lowest BCUT2D eigenvalue weighted by atomic mass is 10.1. The Kier molecular flexibility index (Phi) is 6.99. The first-order chi connectivity index (χ1) is 14.3. The zero-order valence-corrected chi connectivity index (χ0v) is 18.0. The molecule has 0 saturated heterocycles. The molecule has 0 aliphatic carbocycles. The summed E-state index contributed by atoms with van der Waals surface area (Å²) in [5.41, 5.74) is 2.58. The molecule has 0 aliphatic rings. The second kappa shape index (κ2) is 9.66. The summed E-state index contributed by atoms with van der Waals surface area (Å²) >= 11 is 0.361. The van der Waals surface area contributed by atoms with Gasteiger partial charge in [-0.05, 0) is 52.6 Å². The molecular formula is C21H19N3O4S2. The summed E-state index contributed by atoms with van der Waals surface area (Å²) in [6, 6.07) is 13.8. The Bertz CT molecular complexity index is 1070. The molecule has 1 aromatic heterocycles. The van der Waals surface area contributed by atoms with E-state index in [1.165, 1.54) is 30.4 Å². The van der Waals surface area contributed by atoms with Crippen molar-refractivity contribution in [1.82, 2.24) is 4.98 Å². The van der Waals surface area contributed by atoms with E-state index >= 15 is 0 Å². The smallest absolute Gasteiger partial charge is 0.269 e. The molecule has 0 bridgehead atoms. The van der Waals surface area contributed by atoms with Crippen LogP contribution in [-0.2, 0) is 22.4 Å². The van der Waals surface area contributed by atoms with Crippen LogP contribution in [0.25, 0.3) is 12.2 Å². The molecule has 7 nitrogen and oxygen atoms in total. The number of benzene rings is 2. The van der Waals surface area contributed by atoms with Gasteiger partial charge in [-0.2, -0.15) is 0 Å². The first-order valence-electron chi connectivity index (χ1n) is 8.94. The van der Waals surface area contributed by atoms with Crippen molar-refractivity contribution in [2.24, 2.45) is 0 Å². The quantitative estimate of drug-likeness (QED) is 0.330. The first-order valence-corrected chi connectivity index (χ1v) is 11.3. The number of thiazole rings is 1. The molecule has 3 aromatic rings. The van der Waals surface area contributed by atoms with Crippen molar-refractivity contribution in [1.29, 1.82) is 0 Å². The fourth-order valence-corrected chi connectivity index (χ4v) is 4.24. The van der Waals surface area contributed by atoms with Crippen molar-refractivity contribution in [3.63, 3.8) is 0 Å². The van der Waals surface area contributed by atoms with Crippen molar-refractivity contribution in [3.05, 3.63) is 80.3 Å². The largest absolute Gasteiger partial charge is 0.612 e. The average Bonchev–Trinajstić information content (AvgIpc) is 3.07. The molecule has 30 heavy (non-hydrogen) atoms. The average molecular weight is 442 g/mol. The summed E-state index contributed by atoms with van der Waals surface area (Å²) < 4.78 is 11.6. The van der Waals surface area contributed by atoms with Gasteiger partial charge in [0, 0.05) is 30.4 Å². The Labute approximate surface area is 180 Å². The number of rotatable bonds is 7. The molecule has 154 valence electrons. The number of anilines is 1. The maximum Gasteiger partial charge on any atom is 0.269 e. The maximum absolute atomic E-state index is 11.6. The molecule has 2 aromatic carbocycles. The van der Waals surface area contributed by atoms with E-state index in [2.05, 4.69) is 10.3 Å². The molecule has 3 rings (SSSR count). The van der Waals surface area contributed by atoms with Gasteiger partial charge in [0.2, 0.25) is 5.91 Å². The lowest BCUT2D eigenvalue weighted by molar-refractivity contribution is -0.384. The summed E-state index contributed by atoms with van der Waals surface area (Å²) in [7, 11) is 0. The van der Waals surface area contributed by atoms with Crippen LogP contribution >= 0.6 is 11.3 Å². The molecule has 1 atom stereocenters. The second-order valence-corrected chi connectivity index (χ2v) is 8.93. The van der Waals surface area contributed by atoms with E-state index in [-0.39, 0.29) is 11.6 Å². The van der Waals surface area contributed by atoms with Crippen LogP contribution in [0.2, 0.25) is 0 Å². The van der Waals surface area contributed by atoms with Crippen LogP contribution in [-0.4, -0.2) is 26.6 Å². The number of aromatic nitrogens is 1. The van der Waals surface area contributed by atoms with Gasteiger partial charge >= 0.3 is 0 Å². The number of hydrogen-bond donors (Lipinski definition) is 1. The third kappa shape index (κ3) is 5.76. The number of nitrogens with zero attached hydrogens (tertiary/aromatic N) is 2. The number of carbonyl (C=O) groups excluding carboxylic acids is 1. The third-order valence-electron chi connectivity index (χ3n) is 4.17. The van der Waals surface area contributed by atoms with Gasteiger partial charge in [-0.15, -0.1) is 11.3 Å². The number of non-ortho nitro benzene ring substituents is 1. The Morgan fingerprint density at radius 1 is 1.17 bits per heavy atom. The van der Waals surface area contributed by atoms with E-state index in [0.717, 1.165) is 20.9 Å². The van der Waals surface area contributed by atoms with Gasteiger partial charge in [0.05, 0.1) is 10.6 Å². The van der Waals surface area contributed by atoms with Crippen LogP contribution in [0.15, 0.2) is 53.4 Å². The molecule has 0 spiro atoms. The minimum atomic E-state index is -1.03. The number of nitro benzene ring substituents is 1.